The fourth-order valence-corrected chi connectivity index (χ4v) is 5.41. The number of hydrazone groups is 1. The molecule has 0 unspecified atom stereocenters. The van der Waals surface area contributed by atoms with E-state index in [1.807, 2.05) is 26.0 Å². The molecule has 0 fully saturated rings. The minimum Gasteiger partial charge on any atom is -0.454 e. The molecule has 1 aliphatic heterocycles. The Hall–Kier alpha value is -3.37. The third kappa shape index (κ3) is 5.07. The molecular weight excluding hydrogens is 522 g/mol. The molecule has 0 radical (unpaired) electrons. The van der Waals surface area contributed by atoms with E-state index in [0.29, 0.717) is 27.2 Å². The van der Waals surface area contributed by atoms with E-state index in [4.69, 9.17) is 9.47 Å². The summed E-state index contributed by atoms with van der Waals surface area (Å²) in [7, 11) is -3.99. The number of rotatable bonds is 7. The van der Waals surface area contributed by atoms with Crippen molar-refractivity contribution in [2.45, 2.75) is 18.7 Å². The van der Waals surface area contributed by atoms with Gasteiger partial charge in [0.15, 0.2) is 11.5 Å². The molecule has 1 amide bonds. The van der Waals surface area contributed by atoms with Crippen LogP contribution in [0.25, 0.3) is 0 Å². The predicted octanol–water partition coefficient (Wildman–Crippen LogP) is 4.14. The van der Waals surface area contributed by atoms with Gasteiger partial charge < -0.3 is 9.47 Å². The van der Waals surface area contributed by atoms with Crippen LogP contribution in [0.15, 0.2) is 75.1 Å². The van der Waals surface area contributed by atoms with Crippen molar-refractivity contribution < 1.29 is 22.7 Å². The number of amides is 1. The van der Waals surface area contributed by atoms with Crippen LogP contribution < -0.4 is 19.2 Å². The molecule has 3 aromatic carbocycles. The Morgan fingerprint density at radius 2 is 1.79 bits per heavy atom. The number of ether oxygens (including phenoxy) is 2. The zero-order chi connectivity index (χ0) is 24.3. The van der Waals surface area contributed by atoms with Gasteiger partial charge in [0.2, 0.25) is 6.79 Å². The van der Waals surface area contributed by atoms with Gasteiger partial charge in [-0.3, -0.25) is 9.10 Å². The fourth-order valence-electron chi connectivity index (χ4n) is 3.48. The monoisotopic (exact) mass is 543 g/mol. The molecule has 4 rings (SSSR count). The summed E-state index contributed by atoms with van der Waals surface area (Å²) in [6.07, 6.45) is 1.44. The molecule has 0 atom stereocenters. The average Bonchev–Trinajstić information content (AvgIpc) is 3.25. The minimum absolute atomic E-state index is 0.0931. The number of anilines is 1. The maximum atomic E-state index is 13.4. The molecule has 0 saturated carbocycles. The Bertz CT molecular complexity index is 1360. The normalized spacial score (nSPS) is 12.7. The van der Waals surface area contributed by atoms with Gasteiger partial charge in [-0.05, 0) is 65.7 Å². The van der Waals surface area contributed by atoms with Gasteiger partial charge in [-0.2, -0.15) is 5.10 Å². The molecule has 0 bridgehead atoms. The summed E-state index contributed by atoms with van der Waals surface area (Å²) < 4.78 is 39.3. The lowest BCUT2D eigenvalue weighted by molar-refractivity contribution is -0.119. The van der Waals surface area contributed by atoms with Gasteiger partial charge in [0, 0.05) is 10.0 Å². The van der Waals surface area contributed by atoms with Crippen molar-refractivity contribution in [3.05, 3.63) is 81.8 Å². The van der Waals surface area contributed by atoms with Gasteiger partial charge in [0.1, 0.15) is 6.54 Å². The number of sulfonamides is 1. The number of halogens is 1. The second kappa shape index (κ2) is 9.86. The first-order valence-corrected chi connectivity index (χ1v) is 12.5. The lowest BCUT2D eigenvalue weighted by Crippen LogP contribution is -2.40. The summed E-state index contributed by atoms with van der Waals surface area (Å²) in [6.45, 7) is 3.43. The molecule has 176 valence electrons. The van der Waals surface area contributed by atoms with Crippen molar-refractivity contribution in [3.63, 3.8) is 0 Å². The Labute approximate surface area is 206 Å². The molecule has 1 heterocycles. The molecular formula is C24H22BrN3O5S. The highest BCUT2D eigenvalue weighted by Crippen LogP contribution is 2.36. The molecule has 10 heteroatoms. The first kappa shape index (κ1) is 23.8. The van der Waals surface area contributed by atoms with Crippen LogP contribution in [0.5, 0.6) is 11.5 Å². The van der Waals surface area contributed by atoms with E-state index in [9.17, 15) is 13.2 Å². The molecule has 0 spiro atoms. The number of nitrogens with one attached hydrogen (secondary N) is 1. The molecule has 34 heavy (non-hydrogen) atoms. The maximum absolute atomic E-state index is 13.4. The first-order chi connectivity index (χ1) is 16.3. The number of fused-ring (bicyclic) bond motifs is 1. The second-order valence-electron chi connectivity index (χ2n) is 7.63. The third-order valence-corrected chi connectivity index (χ3v) is 7.58. The van der Waals surface area contributed by atoms with E-state index in [2.05, 4.69) is 26.5 Å². The zero-order valence-electron chi connectivity index (χ0n) is 18.5. The predicted molar refractivity (Wildman–Crippen MR) is 133 cm³/mol. The zero-order valence-corrected chi connectivity index (χ0v) is 20.9. The van der Waals surface area contributed by atoms with Crippen molar-refractivity contribution in [2.24, 2.45) is 5.10 Å². The number of nitrogens with zero attached hydrogens (tertiary/aromatic N) is 2. The van der Waals surface area contributed by atoms with Crippen molar-refractivity contribution in [1.82, 2.24) is 5.43 Å². The highest BCUT2D eigenvalue weighted by molar-refractivity contribution is 9.10. The molecule has 1 N–H and O–H groups in total. The molecule has 8 nitrogen and oxygen atoms in total. The highest BCUT2D eigenvalue weighted by atomic mass is 79.9. The molecule has 1 aliphatic rings. The first-order valence-electron chi connectivity index (χ1n) is 10.3. The Morgan fingerprint density at radius 3 is 2.50 bits per heavy atom. The lowest BCUT2D eigenvalue weighted by atomic mass is 10.1. The van der Waals surface area contributed by atoms with Crippen molar-refractivity contribution in [2.75, 3.05) is 17.6 Å². The van der Waals surface area contributed by atoms with Crippen LogP contribution in [0.3, 0.4) is 0 Å². The van der Waals surface area contributed by atoms with Crippen molar-refractivity contribution in [1.29, 1.82) is 0 Å². The van der Waals surface area contributed by atoms with Gasteiger partial charge in [0.05, 0.1) is 16.8 Å². The molecule has 0 saturated heterocycles. The maximum Gasteiger partial charge on any atom is 0.264 e. The average molecular weight is 544 g/mol. The quantitative estimate of drug-likeness (QED) is 0.356. The van der Waals surface area contributed by atoms with Crippen molar-refractivity contribution in [3.8, 4) is 11.5 Å². The minimum atomic E-state index is -3.99. The Balaban J connectivity index is 1.57. The van der Waals surface area contributed by atoms with E-state index in [0.717, 1.165) is 15.4 Å². The number of carbonyl (C=O) groups is 1. The van der Waals surface area contributed by atoms with Gasteiger partial charge in [0.25, 0.3) is 15.9 Å². The third-order valence-electron chi connectivity index (χ3n) is 5.12. The van der Waals surface area contributed by atoms with E-state index < -0.39 is 22.5 Å². The van der Waals surface area contributed by atoms with Gasteiger partial charge >= 0.3 is 0 Å². The molecule has 0 aliphatic carbocycles. The van der Waals surface area contributed by atoms with Crippen LogP contribution in [-0.2, 0) is 14.8 Å². The lowest BCUT2D eigenvalue weighted by Gasteiger charge is -2.25. The smallest absolute Gasteiger partial charge is 0.264 e. The number of carbonyl (C=O) groups excluding carboxylic acids is 1. The largest absolute Gasteiger partial charge is 0.454 e. The fraction of sp³-hybridized carbons (Fsp3) is 0.167. The summed E-state index contributed by atoms with van der Waals surface area (Å²) in [5.41, 5.74) is 5.22. The van der Waals surface area contributed by atoms with E-state index in [-0.39, 0.29) is 11.7 Å². The summed E-state index contributed by atoms with van der Waals surface area (Å²) in [5.74, 6) is 0.599. The van der Waals surface area contributed by atoms with Crippen LogP contribution in [0.4, 0.5) is 5.69 Å². The SMILES string of the molecule is Cc1ccc(N(CC(=O)N/N=C\c2cc3c(cc2Br)OCO3)S(=O)(=O)c2ccccc2)c(C)c1. The Morgan fingerprint density at radius 1 is 1.09 bits per heavy atom. The summed E-state index contributed by atoms with van der Waals surface area (Å²) in [5, 5.41) is 3.99. The van der Waals surface area contributed by atoms with Gasteiger partial charge in [-0.1, -0.05) is 35.9 Å². The van der Waals surface area contributed by atoms with Gasteiger partial charge in [-0.25, -0.2) is 13.8 Å². The number of hydrogen-bond donors (Lipinski definition) is 1. The molecule has 3 aromatic rings. The summed E-state index contributed by atoms with van der Waals surface area (Å²) in [4.78, 5) is 12.9. The summed E-state index contributed by atoms with van der Waals surface area (Å²) in [6, 6.07) is 16.9. The topological polar surface area (TPSA) is 97.3 Å². The van der Waals surface area contributed by atoms with Crippen LogP contribution >= 0.6 is 15.9 Å². The van der Waals surface area contributed by atoms with Crippen LogP contribution in [0.1, 0.15) is 16.7 Å². The van der Waals surface area contributed by atoms with Gasteiger partial charge in [-0.15, -0.1) is 0 Å². The van der Waals surface area contributed by atoms with Crippen LogP contribution in [0, 0.1) is 13.8 Å². The molecule has 0 aromatic heterocycles. The van der Waals surface area contributed by atoms with E-state index in [1.54, 1.807) is 36.4 Å². The van der Waals surface area contributed by atoms with E-state index in [1.165, 1.54) is 18.3 Å². The second-order valence-corrected chi connectivity index (χ2v) is 10.4. The number of hydrogen-bond acceptors (Lipinski definition) is 6. The van der Waals surface area contributed by atoms with Crippen LogP contribution in [0.2, 0.25) is 0 Å². The van der Waals surface area contributed by atoms with Crippen molar-refractivity contribution >= 4 is 43.8 Å². The number of aryl methyl sites for hydroxylation is 2. The van der Waals surface area contributed by atoms with E-state index >= 15 is 0 Å². The van der Waals surface area contributed by atoms with Crippen LogP contribution in [-0.4, -0.2) is 33.9 Å². The highest BCUT2D eigenvalue weighted by Gasteiger charge is 2.28. The number of benzene rings is 3. The summed E-state index contributed by atoms with van der Waals surface area (Å²) >= 11 is 3.43. The standard InChI is InChI=1S/C24H22BrN3O5S/c1-16-8-9-21(17(2)10-16)28(34(30,31)19-6-4-3-5-7-19)14-24(29)27-26-13-18-11-22-23(12-20(18)25)33-15-32-22/h3-13H,14-15H2,1-2H3,(H,27,29)/b26-13-. The Kier molecular flexibility index (Phi) is 6.90.